The first-order valence-corrected chi connectivity index (χ1v) is 5.32. The summed E-state index contributed by atoms with van der Waals surface area (Å²) in [6.45, 7) is 1.90. The Kier molecular flexibility index (Phi) is 2.13. The average Bonchev–Trinajstić information content (AvgIpc) is 2.62. The van der Waals surface area contributed by atoms with Crippen LogP contribution >= 0.6 is 27.3 Å². The van der Waals surface area contributed by atoms with E-state index in [-0.39, 0.29) is 0 Å². The Morgan fingerprint density at radius 3 is 2.85 bits per heavy atom. The van der Waals surface area contributed by atoms with Crippen LogP contribution in [0.25, 0.3) is 11.3 Å². The molecular formula is C8H7BrN2OS. The van der Waals surface area contributed by atoms with Gasteiger partial charge in [-0.15, -0.1) is 11.3 Å². The zero-order chi connectivity index (χ0) is 9.42. The summed E-state index contributed by atoms with van der Waals surface area (Å²) in [6, 6.07) is 1.98. The lowest BCUT2D eigenvalue weighted by Gasteiger charge is -1.89. The van der Waals surface area contributed by atoms with E-state index in [1.54, 1.807) is 11.3 Å². The fourth-order valence-electron chi connectivity index (χ4n) is 1.05. The van der Waals surface area contributed by atoms with Gasteiger partial charge < -0.3 is 10.3 Å². The van der Waals surface area contributed by atoms with E-state index in [2.05, 4.69) is 21.1 Å². The third kappa shape index (κ3) is 1.49. The van der Waals surface area contributed by atoms with Gasteiger partial charge in [-0.3, -0.25) is 0 Å². The molecule has 2 N–H and O–H groups in total. The number of aromatic nitrogens is 1. The lowest BCUT2D eigenvalue weighted by Crippen LogP contribution is -1.85. The van der Waals surface area contributed by atoms with Crippen LogP contribution in [0.15, 0.2) is 19.8 Å². The Balaban J connectivity index is 2.52. The third-order valence-corrected chi connectivity index (χ3v) is 3.29. The molecule has 0 atom stereocenters. The Bertz CT molecular complexity index is 435. The lowest BCUT2D eigenvalue weighted by molar-refractivity contribution is 0.435. The van der Waals surface area contributed by atoms with E-state index in [1.807, 2.05) is 18.4 Å². The molecule has 3 nitrogen and oxygen atoms in total. The second kappa shape index (κ2) is 3.16. The van der Waals surface area contributed by atoms with Crippen molar-refractivity contribution in [1.29, 1.82) is 0 Å². The van der Waals surface area contributed by atoms with Crippen molar-refractivity contribution >= 4 is 33.1 Å². The molecule has 0 spiro atoms. The van der Waals surface area contributed by atoms with Crippen LogP contribution in [-0.4, -0.2) is 5.16 Å². The van der Waals surface area contributed by atoms with Crippen molar-refractivity contribution < 1.29 is 4.52 Å². The van der Waals surface area contributed by atoms with Gasteiger partial charge in [0.1, 0.15) is 0 Å². The SMILES string of the molecule is Cc1c(N)noc1-c1csc(Br)c1. The molecule has 2 aromatic rings. The maximum absolute atomic E-state index is 5.57. The number of hydrogen-bond donors (Lipinski definition) is 1. The van der Waals surface area contributed by atoms with Crippen molar-refractivity contribution in [3.63, 3.8) is 0 Å². The molecule has 5 heteroatoms. The predicted molar refractivity (Wildman–Crippen MR) is 56.7 cm³/mol. The molecule has 68 valence electrons. The molecular weight excluding hydrogens is 252 g/mol. The van der Waals surface area contributed by atoms with Crippen molar-refractivity contribution in [2.45, 2.75) is 6.92 Å². The maximum Gasteiger partial charge on any atom is 0.172 e. The smallest absolute Gasteiger partial charge is 0.172 e. The van der Waals surface area contributed by atoms with Gasteiger partial charge in [0, 0.05) is 16.5 Å². The van der Waals surface area contributed by atoms with Crippen LogP contribution in [0.5, 0.6) is 0 Å². The largest absolute Gasteiger partial charge is 0.381 e. The summed E-state index contributed by atoms with van der Waals surface area (Å²) in [4.78, 5) is 0. The minimum Gasteiger partial charge on any atom is -0.381 e. The molecule has 0 aromatic carbocycles. The quantitative estimate of drug-likeness (QED) is 0.856. The summed E-state index contributed by atoms with van der Waals surface area (Å²) in [5.74, 6) is 1.21. The highest BCUT2D eigenvalue weighted by atomic mass is 79.9. The second-order valence-corrected chi connectivity index (χ2v) is 4.95. The minimum atomic E-state index is 0.456. The maximum atomic E-state index is 5.57. The molecule has 0 unspecified atom stereocenters. The Labute approximate surface area is 87.7 Å². The van der Waals surface area contributed by atoms with Crippen molar-refractivity contribution in [3.8, 4) is 11.3 Å². The van der Waals surface area contributed by atoms with Crippen LogP contribution in [-0.2, 0) is 0 Å². The molecule has 0 saturated heterocycles. The summed E-state index contributed by atoms with van der Waals surface area (Å²) >= 11 is 4.99. The fourth-order valence-corrected chi connectivity index (χ4v) is 2.18. The van der Waals surface area contributed by atoms with E-state index < -0.39 is 0 Å². The van der Waals surface area contributed by atoms with Crippen LogP contribution < -0.4 is 5.73 Å². The number of nitrogens with zero attached hydrogens (tertiary/aromatic N) is 1. The Morgan fingerprint density at radius 2 is 2.38 bits per heavy atom. The van der Waals surface area contributed by atoms with Crippen LogP contribution in [0.2, 0.25) is 0 Å². The van der Waals surface area contributed by atoms with E-state index in [0.717, 1.165) is 20.7 Å². The highest BCUT2D eigenvalue weighted by Crippen LogP contribution is 2.32. The van der Waals surface area contributed by atoms with Gasteiger partial charge >= 0.3 is 0 Å². The molecule has 13 heavy (non-hydrogen) atoms. The lowest BCUT2D eigenvalue weighted by atomic mass is 10.2. The van der Waals surface area contributed by atoms with Gasteiger partial charge in [-0.25, -0.2) is 0 Å². The number of halogens is 1. The molecule has 0 bridgehead atoms. The fraction of sp³-hybridized carbons (Fsp3) is 0.125. The number of nitrogens with two attached hydrogens (primary N) is 1. The molecule has 0 aliphatic rings. The van der Waals surface area contributed by atoms with Gasteiger partial charge in [-0.1, -0.05) is 5.16 Å². The standard InChI is InChI=1S/C8H7BrN2OS/c1-4-7(12-11-8(4)10)5-2-6(9)13-3-5/h2-3H,1H3,(H2,10,11). The molecule has 0 amide bonds. The van der Waals surface area contributed by atoms with E-state index in [0.29, 0.717) is 5.82 Å². The highest BCUT2D eigenvalue weighted by molar-refractivity contribution is 9.11. The average molecular weight is 259 g/mol. The van der Waals surface area contributed by atoms with Crippen molar-refractivity contribution in [1.82, 2.24) is 5.16 Å². The molecule has 2 heterocycles. The summed E-state index contributed by atoms with van der Waals surface area (Å²) < 4.78 is 6.17. The number of nitrogen functional groups attached to an aromatic ring is 1. The summed E-state index contributed by atoms with van der Waals surface area (Å²) in [6.07, 6.45) is 0. The van der Waals surface area contributed by atoms with Gasteiger partial charge in [0.25, 0.3) is 0 Å². The molecule has 0 fully saturated rings. The molecule has 0 aliphatic heterocycles. The number of rotatable bonds is 1. The highest BCUT2D eigenvalue weighted by Gasteiger charge is 2.12. The number of anilines is 1. The molecule has 0 radical (unpaired) electrons. The second-order valence-electron chi connectivity index (χ2n) is 2.66. The van der Waals surface area contributed by atoms with Crippen LogP contribution in [0.4, 0.5) is 5.82 Å². The van der Waals surface area contributed by atoms with Gasteiger partial charge in [0.05, 0.1) is 3.79 Å². The third-order valence-electron chi connectivity index (χ3n) is 1.79. The van der Waals surface area contributed by atoms with Crippen molar-refractivity contribution in [3.05, 3.63) is 20.8 Å². The van der Waals surface area contributed by atoms with Gasteiger partial charge in [0.15, 0.2) is 11.6 Å². The molecule has 0 saturated carbocycles. The zero-order valence-corrected chi connectivity index (χ0v) is 9.28. The Morgan fingerprint density at radius 1 is 1.62 bits per heavy atom. The van der Waals surface area contributed by atoms with Gasteiger partial charge in [-0.05, 0) is 28.9 Å². The number of thiophene rings is 1. The molecule has 2 rings (SSSR count). The normalized spacial score (nSPS) is 10.6. The zero-order valence-electron chi connectivity index (χ0n) is 6.87. The topological polar surface area (TPSA) is 52.0 Å². The first-order chi connectivity index (χ1) is 6.18. The summed E-state index contributed by atoms with van der Waals surface area (Å²) in [5, 5.41) is 5.69. The monoisotopic (exact) mass is 258 g/mol. The van der Waals surface area contributed by atoms with Crippen molar-refractivity contribution in [2.75, 3.05) is 5.73 Å². The van der Waals surface area contributed by atoms with Crippen LogP contribution in [0.3, 0.4) is 0 Å². The van der Waals surface area contributed by atoms with Crippen LogP contribution in [0.1, 0.15) is 5.56 Å². The summed E-state index contributed by atoms with van der Waals surface area (Å²) in [5.41, 5.74) is 7.48. The van der Waals surface area contributed by atoms with E-state index in [9.17, 15) is 0 Å². The summed E-state index contributed by atoms with van der Waals surface area (Å²) in [7, 11) is 0. The Hall–Kier alpha value is -0.810. The van der Waals surface area contributed by atoms with E-state index in [1.165, 1.54) is 0 Å². The van der Waals surface area contributed by atoms with E-state index >= 15 is 0 Å². The van der Waals surface area contributed by atoms with Gasteiger partial charge in [0.2, 0.25) is 0 Å². The van der Waals surface area contributed by atoms with Crippen LogP contribution in [0, 0.1) is 6.92 Å². The molecule has 0 aliphatic carbocycles. The van der Waals surface area contributed by atoms with E-state index in [4.69, 9.17) is 10.3 Å². The number of hydrogen-bond acceptors (Lipinski definition) is 4. The predicted octanol–water partition coefficient (Wildman–Crippen LogP) is 3.06. The minimum absolute atomic E-state index is 0.456. The van der Waals surface area contributed by atoms with Crippen molar-refractivity contribution in [2.24, 2.45) is 0 Å². The first-order valence-electron chi connectivity index (χ1n) is 3.64. The molecule has 2 aromatic heterocycles. The first kappa shape index (κ1) is 8.77. The van der Waals surface area contributed by atoms with Gasteiger partial charge in [-0.2, -0.15) is 0 Å².